The van der Waals surface area contributed by atoms with Crippen LogP contribution < -0.4 is 5.84 Å². The lowest BCUT2D eigenvalue weighted by Gasteiger charge is -1.97. The van der Waals surface area contributed by atoms with E-state index >= 15 is 0 Å². The number of nitrogens with two attached hydrogens (primary N) is 1. The van der Waals surface area contributed by atoms with E-state index in [0.29, 0.717) is 5.56 Å². The minimum atomic E-state index is -0.511. The molecule has 0 aromatic heterocycles. The summed E-state index contributed by atoms with van der Waals surface area (Å²) in [4.78, 5) is 9.85. The van der Waals surface area contributed by atoms with Crippen molar-refractivity contribution in [3.8, 4) is 0 Å². The molecule has 0 aliphatic carbocycles. The standard InChI is InChI=1S/C8H8N4O3/c9-11-8(5-10-13)6-1-3-7(4-2-6)12(14)15/h1-5,13H,9H2/b10-5-,11-8+. The van der Waals surface area contributed by atoms with E-state index in [0.717, 1.165) is 6.21 Å². The summed E-state index contributed by atoms with van der Waals surface area (Å²) in [6.07, 6.45) is 1.04. The molecule has 15 heavy (non-hydrogen) atoms. The van der Waals surface area contributed by atoms with Gasteiger partial charge in [-0.1, -0.05) is 5.16 Å². The Morgan fingerprint density at radius 1 is 1.47 bits per heavy atom. The van der Waals surface area contributed by atoms with Gasteiger partial charge in [0, 0.05) is 17.7 Å². The first kappa shape index (κ1) is 10.6. The van der Waals surface area contributed by atoms with Crippen molar-refractivity contribution in [2.75, 3.05) is 0 Å². The molecule has 1 rings (SSSR count). The van der Waals surface area contributed by atoms with Gasteiger partial charge >= 0.3 is 0 Å². The smallest absolute Gasteiger partial charge is 0.269 e. The van der Waals surface area contributed by atoms with Gasteiger partial charge in [0.2, 0.25) is 0 Å². The lowest BCUT2D eigenvalue weighted by atomic mass is 10.1. The van der Waals surface area contributed by atoms with E-state index in [1.807, 2.05) is 0 Å². The van der Waals surface area contributed by atoms with Crippen molar-refractivity contribution in [1.29, 1.82) is 0 Å². The van der Waals surface area contributed by atoms with Crippen molar-refractivity contribution in [2.45, 2.75) is 0 Å². The predicted octanol–water partition coefficient (Wildman–Crippen LogP) is 0.718. The van der Waals surface area contributed by atoms with E-state index in [1.165, 1.54) is 24.3 Å². The third-order valence-electron chi connectivity index (χ3n) is 1.69. The minimum Gasteiger partial charge on any atom is -0.411 e. The fourth-order valence-electron chi connectivity index (χ4n) is 0.991. The third kappa shape index (κ3) is 2.50. The molecule has 0 radical (unpaired) electrons. The average Bonchev–Trinajstić information content (AvgIpc) is 2.26. The molecule has 0 bridgehead atoms. The van der Waals surface area contributed by atoms with Crippen LogP contribution in [0.1, 0.15) is 5.56 Å². The van der Waals surface area contributed by atoms with Crippen LogP contribution in [-0.4, -0.2) is 22.1 Å². The second-order valence-electron chi connectivity index (χ2n) is 2.56. The van der Waals surface area contributed by atoms with Crippen LogP contribution in [0.3, 0.4) is 0 Å². The molecule has 0 saturated heterocycles. The number of hydrogen-bond acceptors (Lipinski definition) is 6. The first-order valence-electron chi connectivity index (χ1n) is 3.89. The zero-order chi connectivity index (χ0) is 11.3. The highest BCUT2D eigenvalue weighted by Crippen LogP contribution is 2.11. The third-order valence-corrected chi connectivity index (χ3v) is 1.69. The van der Waals surface area contributed by atoms with Crippen LogP contribution >= 0.6 is 0 Å². The maximum atomic E-state index is 10.4. The van der Waals surface area contributed by atoms with Gasteiger partial charge in [0.15, 0.2) is 0 Å². The van der Waals surface area contributed by atoms with Gasteiger partial charge in [-0.2, -0.15) is 5.10 Å². The molecule has 0 heterocycles. The quantitative estimate of drug-likeness (QED) is 0.250. The maximum Gasteiger partial charge on any atom is 0.269 e. The molecule has 0 amide bonds. The fraction of sp³-hybridized carbons (Fsp3) is 0. The summed E-state index contributed by atoms with van der Waals surface area (Å²) in [6, 6.07) is 5.55. The van der Waals surface area contributed by atoms with E-state index < -0.39 is 4.92 Å². The average molecular weight is 208 g/mol. The number of benzene rings is 1. The van der Waals surface area contributed by atoms with Gasteiger partial charge in [-0.25, -0.2) is 0 Å². The number of nitrogens with zero attached hydrogens (tertiary/aromatic N) is 3. The molecule has 1 aromatic rings. The molecule has 3 N–H and O–H groups in total. The molecule has 78 valence electrons. The van der Waals surface area contributed by atoms with Gasteiger partial charge in [0.1, 0.15) is 5.71 Å². The van der Waals surface area contributed by atoms with Crippen LogP contribution in [0.2, 0.25) is 0 Å². The Morgan fingerprint density at radius 3 is 2.47 bits per heavy atom. The fourth-order valence-corrected chi connectivity index (χ4v) is 0.991. The summed E-state index contributed by atoms with van der Waals surface area (Å²) in [5, 5.41) is 24.8. The van der Waals surface area contributed by atoms with Crippen LogP contribution in [0.25, 0.3) is 0 Å². The van der Waals surface area contributed by atoms with E-state index in [-0.39, 0.29) is 11.4 Å². The Bertz CT molecular complexity index is 410. The largest absolute Gasteiger partial charge is 0.411 e. The van der Waals surface area contributed by atoms with Gasteiger partial charge in [-0.3, -0.25) is 10.1 Å². The van der Waals surface area contributed by atoms with Crippen molar-refractivity contribution >= 4 is 17.6 Å². The normalized spacial score (nSPS) is 11.9. The first-order chi connectivity index (χ1) is 7.19. The molecule has 7 nitrogen and oxygen atoms in total. The molecule has 0 aliphatic heterocycles. The lowest BCUT2D eigenvalue weighted by molar-refractivity contribution is -0.384. The van der Waals surface area contributed by atoms with Crippen molar-refractivity contribution in [2.24, 2.45) is 16.1 Å². The molecule has 0 atom stereocenters. The number of oxime groups is 1. The maximum absolute atomic E-state index is 10.4. The molecule has 0 aliphatic rings. The van der Waals surface area contributed by atoms with Gasteiger partial charge in [-0.05, 0) is 12.1 Å². The van der Waals surface area contributed by atoms with Crippen LogP contribution in [-0.2, 0) is 0 Å². The highest BCUT2D eigenvalue weighted by Gasteiger charge is 2.06. The van der Waals surface area contributed by atoms with Crippen LogP contribution in [0.4, 0.5) is 5.69 Å². The summed E-state index contributed by atoms with van der Waals surface area (Å²) in [5.74, 6) is 5.04. The molecular weight excluding hydrogens is 200 g/mol. The Morgan fingerprint density at radius 2 is 2.07 bits per heavy atom. The Kier molecular flexibility index (Phi) is 3.33. The van der Waals surface area contributed by atoms with E-state index in [4.69, 9.17) is 11.0 Å². The number of hydrogen-bond donors (Lipinski definition) is 2. The monoisotopic (exact) mass is 208 g/mol. The lowest BCUT2D eigenvalue weighted by Crippen LogP contribution is -2.05. The number of non-ortho nitro benzene ring substituents is 1. The highest BCUT2D eigenvalue weighted by atomic mass is 16.6. The number of nitro groups is 1. The molecule has 0 unspecified atom stereocenters. The second kappa shape index (κ2) is 4.70. The molecule has 0 saturated carbocycles. The Labute approximate surface area is 84.7 Å². The predicted molar refractivity (Wildman–Crippen MR) is 54.1 cm³/mol. The Hall–Kier alpha value is -2.44. The van der Waals surface area contributed by atoms with E-state index in [1.54, 1.807) is 0 Å². The van der Waals surface area contributed by atoms with Crippen molar-refractivity contribution < 1.29 is 10.1 Å². The minimum absolute atomic E-state index is 0.0314. The highest BCUT2D eigenvalue weighted by molar-refractivity contribution is 6.38. The number of nitro benzene ring substituents is 1. The summed E-state index contributed by atoms with van der Waals surface area (Å²) in [5.41, 5.74) is 0.726. The van der Waals surface area contributed by atoms with Crippen LogP contribution in [0.5, 0.6) is 0 Å². The Balaban J connectivity index is 3.02. The zero-order valence-electron chi connectivity index (χ0n) is 7.57. The summed E-state index contributed by atoms with van der Waals surface area (Å²) in [6.45, 7) is 0. The first-order valence-corrected chi connectivity index (χ1v) is 3.89. The summed E-state index contributed by atoms with van der Waals surface area (Å²) in [7, 11) is 0. The van der Waals surface area contributed by atoms with Gasteiger partial charge in [0.25, 0.3) is 5.69 Å². The van der Waals surface area contributed by atoms with Gasteiger partial charge in [-0.15, -0.1) is 0 Å². The van der Waals surface area contributed by atoms with Crippen molar-refractivity contribution in [3.05, 3.63) is 39.9 Å². The van der Waals surface area contributed by atoms with Crippen molar-refractivity contribution in [1.82, 2.24) is 0 Å². The molecule has 0 spiro atoms. The zero-order valence-corrected chi connectivity index (χ0v) is 7.57. The molecule has 1 aromatic carbocycles. The van der Waals surface area contributed by atoms with Crippen LogP contribution in [0, 0.1) is 10.1 Å². The summed E-state index contributed by atoms with van der Waals surface area (Å²) < 4.78 is 0. The van der Waals surface area contributed by atoms with Crippen LogP contribution in [0.15, 0.2) is 34.5 Å². The SMILES string of the molecule is N/N=C(\C=N/O)c1ccc([N+](=O)[O-])cc1. The second-order valence-corrected chi connectivity index (χ2v) is 2.56. The molecule has 0 fully saturated rings. The van der Waals surface area contributed by atoms with Gasteiger partial charge in [0.05, 0.1) is 11.1 Å². The van der Waals surface area contributed by atoms with Crippen molar-refractivity contribution in [3.63, 3.8) is 0 Å². The topological polar surface area (TPSA) is 114 Å². The number of rotatable bonds is 3. The summed E-state index contributed by atoms with van der Waals surface area (Å²) >= 11 is 0. The van der Waals surface area contributed by atoms with E-state index in [2.05, 4.69) is 10.3 Å². The van der Waals surface area contributed by atoms with E-state index in [9.17, 15) is 10.1 Å². The molecule has 7 heteroatoms. The molecular formula is C8H8N4O3. The van der Waals surface area contributed by atoms with Gasteiger partial charge < -0.3 is 11.0 Å². The number of hydrazone groups is 1.